The summed E-state index contributed by atoms with van der Waals surface area (Å²) in [5, 5.41) is 5.19. The van der Waals surface area contributed by atoms with E-state index in [1.54, 1.807) is 0 Å². The predicted molar refractivity (Wildman–Crippen MR) is 177 cm³/mol. The molecule has 0 saturated carbocycles. The second-order valence-electron chi connectivity index (χ2n) is 11.0. The van der Waals surface area contributed by atoms with Gasteiger partial charge in [-0.1, -0.05) is 12.1 Å². The van der Waals surface area contributed by atoms with E-state index in [0.717, 1.165) is 32.0 Å². The van der Waals surface area contributed by atoms with Crippen molar-refractivity contribution in [3.63, 3.8) is 0 Å². The van der Waals surface area contributed by atoms with Crippen LogP contribution in [-0.4, -0.2) is 91.9 Å². The van der Waals surface area contributed by atoms with Crippen LogP contribution >= 0.6 is 23.2 Å². The normalized spacial score (nSPS) is 20.2. The molecule has 5 atom stereocenters. The molecule has 3 rings (SSSR count). The predicted octanol–water partition coefficient (Wildman–Crippen LogP) is 4.15. The number of benzene rings is 2. The van der Waals surface area contributed by atoms with Crippen molar-refractivity contribution in [3.8, 4) is 0 Å². The van der Waals surface area contributed by atoms with E-state index in [9.17, 15) is 24.0 Å². The zero-order valence-corrected chi connectivity index (χ0v) is 28.4. The van der Waals surface area contributed by atoms with Crippen LogP contribution in [0.4, 0.5) is 15.8 Å². The van der Waals surface area contributed by atoms with E-state index in [0.29, 0.717) is 43.4 Å². The summed E-state index contributed by atoms with van der Waals surface area (Å²) < 4.78 is 36.4. The highest BCUT2D eigenvalue weighted by molar-refractivity contribution is 6.18. The zero-order valence-electron chi connectivity index (χ0n) is 26.9. The van der Waals surface area contributed by atoms with Gasteiger partial charge in [-0.15, -0.1) is 23.2 Å². The summed E-state index contributed by atoms with van der Waals surface area (Å²) in [6.45, 7) is 4.19. The molecule has 2 aromatic carbocycles. The number of anilines is 2. The lowest BCUT2D eigenvalue weighted by Crippen LogP contribution is -2.63. The maximum absolute atomic E-state index is 15.6. The minimum atomic E-state index is -2.14. The summed E-state index contributed by atoms with van der Waals surface area (Å²) in [5.41, 5.74) is 2.70. The number of rotatable bonds is 16. The van der Waals surface area contributed by atoms with Gasteiger partial charge in [0, 0.05) is 69.0 Å². The van der Waals surface area contributed by atoms with Crippen LogP contribution in [0.15, 0.2) is 48.5 Å². The lowest BCUT2D eigenvalue weighted by Gasteiger charge is -2.42. The molecule has 1 heterocycles. The highest BCUT2D eigenvalue weighted by Gasteiger charge is 2.51. The monoisotopic (exact) mass is 711 g/mol. The first-order valence-corrected chi connectivity index (χ1v) is 16.4. The van der Waals surface area contributed by atoms with E-state index in [2.05, 4.69) is 15.5 Å². The first-order valence-electron chi connectivity index (χ1n) is 15.4. The minimum absolute atomic E-state index is 0.116. The summed E-state index contributed by atoms with van der Waals surface area (Å²) in [4.78, 5) is 62.5. The van der Waals surface area contributed by atoms with Crippen molar-refractivity contribution < 1.29 is 47.3 Å². The fraction of sp³-hybridized carbons (Fsp3) is 0.485. The van der Waals surface area contributed by atoms with Gasteiger partial charge in [0.05, 0.1) is 0 Å². The zero-order chi connectivity index (χ0) is 35.2. The van der Waals surface area contributed by atoms with E-state index < -0.39 is 61.1 Å². The van der Waals surface area contributed by atoms with Gasteiger partial charge in [-0.3, -0.25) is 24.0 Å². The number of nitrogens with zero attached hydrogens (tertiary/aromatic N) is 1. The van der Waals surface area contributed by atoms with Crippen LogP contribution in [-0.2, 0) is 44.5 Å². The standard InChI is InChI=1S/C33H40Cl2FN3O9/c1-20(40)45-19-27-30(46-21(2)41)31(47-22(3)42)29(36)33(48-27)38-32(44)24-9-11-25(12-10-24)37-28(43)6-4-5-23-7-13-26(14-8-23)39(17-15-34)18-16-35/h7-14,27,29-31,33H,4-6,15-19H2,1-3H3,(H,37,43)(H,38,44)/t27-,29+,30-,31-,33-/m1/s1. The number of aryl methyl sites for hydroxylation is 1. The van der Waals surface area contributed by atoms with Gasteiger partial charge in [0.1, 0.15) is 12.7 Å². The first-order chi connectivity index (χ1) is 22.9. The average Bonchev–Trinajstić information content (AvgIpc) is 3.03. The molecule has 2 aromatic rings. The molecule has 1 aliphatic heterocycles. The number of carbonyl (C=O) groups is 5. The van der Waals surface area contributed by atoms with Crippen LogP contribution < -0.4 is 15.5 Å². The first kappa shape index (κ1) is 38.5. The van der Waals surface area contributed by atoms with E-state index in [-0.39, 0.29) is 17.9 Å². The molecule has 48 heavy (non-hydrogen) atoms. The van der Waals surface area contributed by atoms with Crippen molar-refractivity contribution in [2.24, 2.45) is 0 Å². The molecule has 15 heteroatoms. The fourth-order valence-electron chi connectivity index (χ4n) is 5.05. The van der Waals surface area contributed by atoms with E-state index >= 15 is 4.39 Å². The van der Waals surface area contributed by atoms with Crippen LogP contribution in [0.1, 0.15) is 49.5 Å². The molecule has 2 N–H and O–H groups in total. The third-order valence-electron chi connectivity index (χ3n) is 7.25. The molecular weight excluding hydrogens is 672 g/mol. The van der Waals surface area contributed by atoms with E-state index in [1.807, 2.05) is 24.3 Å². The molecule has 0 aromatic heterocycles. The van der Waals surface area contributed by atoms with Gasteiger partial charge in [-0.25, -0.2) is 4.39 Å². The van der Waals surface area contributed by atoms with Crippen molar-refractivity contribution in [2.75, 3.05) is 41.7 Å². The van der Waals surface area contributed by atoms with Crippen LogP contribution in [0.25, 0.3) is 0 Å². The number of hydrogen-bond donors (Lipinski definition) is 2. The van der Waals surface area contributed by atoms with Crippen molar-refractivity contribution in [2.45, 2.75) is 70.7 Å². The molecule has 12 nitrogen and oxygen atoms in total. The van der Waals surface area contributed by atoms with Gasteiger partial charge in [-0.05, 0) is 54.8 Å². The lowest BCUT2D eigenvalue weighted by molar-refractivity contribution is -0.238. The van der Waals surface area contributed by atoms with Gasteiger partial charge in [-0.2, -0.15) is 0 Å². The Bertz CT molecular complexity index is 1390. The van der Waals surface area contributed by atoms with Crippen LogP contribution in [0.5, 0.6) is 0 Å². The Kier molecular flexibility index (Phi) is 15.4. The summed E-state index contributed by atoms with van der Waals surface area (Å²) in [7, 11) is 0. The molecule has 262 valence electrons. The van der Waals surface area contributed by atoms with E-state index in [1.165, 1.54) is 24.3 Å². The van der Waals surface area contributed by atoms with Gasteiger partial charge in [0.2, 0.25) is 5.91 Å². The van der Waals surface area contributed by atoms with Crippen LogP contribution in [0.3, 0.4) is 0 Å². The molecule has 1 saturated heterocycles. The summed E-state index contributed by atoms with van der Waals surface area (Å²) in [6, 6.07) is 14.0. The average molecular weight is 713 g/mol. The highest BCUT2D eigenvalue weighted by atomic mass is 35.5. The SMILES string of the molecule is CC(=O)OC[C@H]1O[C@@H](NC(=O)c2ccc(NC(=O)CCCc3ccc(N(CCCl)CCCl)cc3)cc2)[C@@H](F)[C@@H](OC(C)=O)[C@@H]1OC(C)=O. The second-order valence-corrected chi connectivity index (χ2v) is 11.7. The number of ether oxygens (including phenoxy) is 4. The highest BCUT2D eigenvalue weighted by Crippen LogP contribution is 2.28. The number of alkyl halides is 3. The van der Waals surface area contributed by atoms with Gasteiger partial charge in [0.15, 0.2) is 24.6 Å². The minimum Gasteiger partial charge on any atom is -0.463 e. The Morgan fingerprint density at radius 1 is 0.854 bits per heavy atom. The number of nitrogens with one attached hydrogen (secondary N) is 2. The molecule has 0 radical (unpaired) electrons. The maximum atomic E-state index is 15.6. The Hall–Kier alpha value is -3.94. The van der Waals surface area contributed by atoms with Crippen LogP contribution in [0, 0.1) is 0 Å². The van der Waals surface area contributed by atoms with Crippen LogP contribution in [0.2, 0.25) is 0 Å². The Morgan fingerprint density at radius 3 is 2.02 bits per heavy atom. The Morgan fingerprint density at radius 2 is 1.46 bits per heavy atom. The number of amides is 2. The molecule has 1 aliphatic rings. The van der Waals surface area contributed by atoms with Crippen molar-refractivity contribution in [1.82, 2.24) is 5.32 Å². The van der Waals surface area contributed by atoms with Crippen molar-refractivity contribution in [1.29, 1.82) is 0 Å². The topological polar surface area (TPSA) is 150 Å². The Labute approximate surface area is 288 Å². The number of halogens is 3. The van der Waals surface area contributed by atoms with Gasteiger partial charge < -0.3 is 34.5 Å². The lowest BCUT2D eigenvalue weighted by atomic mass is 9.98. The smallest absolute Gasteiger partial charge is 0.303 e. The molecule has 1 fully saturated rings. The van der Waals surface area contributed by atoms with E-state index in [4.69, 9.17) is 42.1 Å². The quantitative estimate of drug-likeness (QED) is 0.148. The summed E-state index contributed by atoms with van der Waals surface area (Å²) >= 11 is 11.8. The molecule has 0 bridgehead atoms. The largest absolute Gasteiger partial charge is 0.463 e. The molecule has 0 spiro atoms. The maximum Gasteiger partial charge on any atom is 0.303 e. The van der Waals surface area contributed by atoms with Crippen molar-refractivity contribution >= 4 is 64.3 Å². The molecule has 2 amide bonds. The van der Waals surface area contributed by atoms with Gasteiger partial charge >= 0.3 is 17.9 Å². The third kappa shape index (κ3) is 11.9. The number of hydrogen-bond acceptors (Lipinski definition) is 10. The van der Waals surface area contributed by atoms with Crippen molar-refractivity contribution in [3.05, 3.63) is 59.7 Å². The second kappa shape index (κ2) is 19.2. The number of esters is 3. The fourth-order valence-corrected chi connectivity index (χ4v) is 5.46. The molecular formula is C33H40Cl2FN3O9. The molecule has 0 unspecified atom stereocenters. The summed E-state index contributed by atoms with van der Waals surface area (Å²) in [6.07, 6.45) is -6.56. The number of carbonyl (C=O) groups excluding carboxylic acids is 5. The third-order valence-corrected chi connectivity index (χ3v) is 7.59. The van der Waals surface area contributed by atoms with Gasteiger partial charge in [0.25, 0.3) is 5.91 Å². The Balaban J connectivity index is 1.56. The summed E-state index contributed by atoms with van der Waals surface area (Å²) in [5.74, 6) is -2.30. The molecule has 0 aliphatic carbocycles.